The highest BCUT2D eigenvalue weighted by atomic mass is 35.5. The summed E-state index contributed by atoms with van der Waals surface area (Å²) in [5, 5.41) is 0.526. The van der Waals surface area contributed by atoms with E-state index >= 15 is 0 Å². The third-order valence-electron chi connectivity index (χ3n) is 1.87. The van der Waals surface area contributed by atoms with Gasteiger partial charge in [-0.2, -0.15) is 0 Å². The van der Waals surface area contributed by atoms with Gasteiger partial charge in [-0.3, -0.25) is 0 Å². The summed E-state index contributed by atoms with van der Waals surface area (Å²) in [5.74, 6) is 0.534. The van der Waals surface area contributed by atoms with E-state index in [1.807, 2.05) is 13.8 Å². The monoisotopic (exact) mass is 229 g/mol. The van der Waals surface area contributed by atoms with Gasteiger partial charge >= 0.3 is 0 Å². The molecule has 0 aliphatic carbocycles. The quantitative estimate of drug-likeness (QED) is 0.790. The van der Waals surface area contributed by atoms with Crippen LogP contribution in [0.15, 0.2) is 18.2 Å². The van der Waals surface area contributed by atoms with Crippen LogP contribution in [0.3, 0.4) is 0 Å². The summed E-state index contributed by atoms with van der Waals surface area (Å²) in [7, 11) is 0. The summed E-state index contributed by atoms with van der Waals surface area (Å²) >= 11 is 5.96. The third-order valence-corrected chi connectivity index (χ3v) is 2.17. The number of nitrogens with two attached hydrogens (primary N) is 1. The number of ether oxygens (including phenoxy) is 2. The first-order valence-electron chi connectivity index (χ1n) is 4.93. The molecule has 1 aromatic carbocycles. The van der Waals surface area contributed by atoms with Gasteiger partial charge in [-0.05, 0) is 26.0 Å². The predicted molar refractivity (Wildman–Crippen MR) is 62.4 cm³/mol. The van der Waals surface area contributed by atoms with Crippen LogP contribution in [0.4, 0.5) is 5.69 Å². The molecule has 1 aromatic rings. The van der Waals surface area contributed by atoms with Crippen molar-refractivity contribution in [2.24, 2.45) is 0 Å². The number of rotatable bonds is 5. The predicted octanol–water partition coefficient (Wildman–Crippen LogP) is 2.73. The second kappa shape index (κ2) is 5.83. The van der Waals surface area contributed by atoms with Crippen molar-refractivity contribution < 1.29 is 9.47 Å². The zero-order valence-corrected chi connectivity index (χ0v) is 9.75. The van der Waals surface area contributed by atoms with Crippen LogP contribution in [0.5, 0.6) is 5.75 Å². The molecule has 0 bridgehead atoms. The first-order chi connectivity index (χ1) is 7.15. The van der Waals surface area contributed by atoms with Crippen molar-refractivity contribution in [2.45, 2.75) is 20.0 Å². The molecule has 0 radical (unpaired) electrons. The summed E-state index contributed by atoms with van der Waals surface area (Å²) in [6.07, 6.45) is -0.0628. The van der Waals surface area contributed by atoms with E-state index in [1.54, 1.807) is 18.2 Å². The van der Waals surface area contributed by atoms with Crippen LogP contribution in [0, 0.1) is 0 Å². The Hall–Kier alpha value is -0.930. The molecule has 2 N–H and O–H groups in total. The van der Waals surface area contributed by atoms with E-state index in [-0.39, 0.29) is 6.10 Å². The Kier molecular flexibility index (Phi) is 4.72. The molecule has 0 saturated heterocycles. The highest BCUT2D eigenvalue weighted by Gasteiger charge is 2.10. The third kappa shape index (κ3) is 3.61. The lowest BCUT2D eigenvalue weighted by molar-refractivity contribution is 0.0661. The number of nitrogen functional groups attached to an aromatic ring is 1. The minimum Gasteiger partial charge on any atom is -0.485 e. The maximum Gasteiger partial charge on any atom is 0.161 e. The molecular weight excluding hydrogens is 214 g/mol. The van der Waals surface area contributed by atoms with Crippen molar-refractivity contribution in [3.8, 4) is 5.75 Å². The number of para-hydroxylation sites is 1. The van der Waals surface area contributed by atoms with Crippen LogP contribution >= 0.6 is 11.6 Å². The van der Waals surface area contributed by atoms with Gasteiger partial charge in [0.05, 0.1) is 17.3 Å². The molecule has 0 fully saturated rings. The zero-order chi connectivity index (χ0) is 11.3. The SMILES string of the molecule is CCOCC(C)Oc1c(N)cccc1Cl. The number of benzene rings is 1. The number of anilines is 1. The van der Waals surface area contributed by atoms with E-state index in [2.05, 4.69) is 0 Å². The van der Waals surface area contributed by atoms with E-state index in [0.29, 0.717) is 29.7 Å². The van der Waals surface area contributed by atoms with E-state index in [9.17, 15) is 0 Å². The number of halogens is 1. The molecule has 84 valence electrons. The second-order valence-corrected chi connectivity index (χ2v) is 3.65. The second-order valence-electron chi connectivity index (χ2n) is 3.25. The summed E-state index contributed by atoms with van der Waals surface area (Å²) in [5.41, 5.74) is 6.30. The fraction of sp³-hybridized carbons (Fsp3) is 0.455. The van der Waals surface area contributed by atoms with Gasteiger partial charge in [-0.25, -0.2) is 0 Å². The van der Waals surface area contributed by atoms with Gasteiger partial charge in [0.1, 0.15) is 6.10 Å². The molecule has 0 saturated carbocycles. The Balaban J connectivity index is 2.63. The van der Waals surface area contributed by atoms with Crippen molar-refractivity contribution in [2.75, 3.05) is 18.9 Å². The maximum absolute atomic E-state index is 5.96. The van der Waals surface area contributed by atoms with Crippen LogP contribution in [-0.4, -0.2) is 19.3 Å². The lowest BCUT2D eigenvalue weighted by Gasteiger charge is -2.16. The smallest absolute Gasteiger partial charge is 0.161 e. The Labute approximate surface area is 95.1 Å². The molecule has 0 spiro atoms. The van der Waals surface area contributed by atoms with Crippen molar-refractivity contribution >= 4 is 17.3 Å². The maximum atomic E-state index is 5.96. The van der Waals surface area contributed by atoms with Crippen molar-refractivity contribution in [1.82, 2.24) is 0 Å². The number of hydrogen-bond acceptors (Lipinski definition) is 3. The molecule has 0 heterocycles. The average molecular weight is 230 g/mol. The molecule has 0 aliphatic rings. The lowest BCUT2D eigenvalue weighted by atomic mass is 10.3. The summed E-state index contributed by atoms with van der Waals surface area (Å²) in [6.45, 7) is 5.06. The largest absolute Gasteiger partial charge is 0.485 e. The molecular formula is C11H16ClNO2. The molecule has 1 rings (SSSR count). The first kappa shape index (κ1) is 12.1. The highest BCUT2D eigenvalue weighted by Crippen LogP contribution is 2.31. The highest BCUT2D eigenvalue weighted by molar-refractivity contribution is 6.32. The normalized spacial score (nSPS) is 12.5. The minimum absolute atomic E-state index is 0.0628. The van der Waals surface area contributed by atoms with Gasteiger partial charge < -0.3 is 15.2 Å². The Morgan fingerprint density at radius 2 is 2.20 bits per heavy atom. The summed E-state index contributed by atoms with van der Waals surface area (Å²) in [4.78, 5) is 0. The van der Waals surface area contributed by atoms with Crippen LogP contribution < -0.4 is 10.5 Å². The molecule has 0 aliphatic heterocycles. The molecule has 0 amide bonds. The van der Waals surface area contributed by atoms with Gasteiger partial charge in [0, 0.05) is 6.61 Å². The van der Waals surface area contributed by atoms with Gasteiger partial charge in [-0.15, -0.1) is 0 Å². The van der Waals surface area contributed by atoms with E-state index in [1.165, 1.54) is 0 Å². The van der Waals surface area contributed by atoms with Crippen LogP contribution in [-0.2, 0) is 4.74 Å². The number of hydrogen-bond donors (Lipinski definition) is 1. The van der Waals surface area contributed by atoms with Crippen LogP contribution in [0.1, 0.15) is 13.8 Å². The minimum atomic E-state index is -0.0628. The van der Waals surface area contributed by atoms with E-state index in [4.69, 9.17) is 26.8 Å². The van der Waals surface area contributed by atoms with Crippen molar-refractivity contribution in [1.29, 1.82) is 0 Å². The van der Waals surface area contributed by atoms with Gasteiger partial charge in [0.2, 0.25) is 0 Å². The van der Waals surface area contributed by atoms with Gasteiger partial charge in [0.15, 0.2) is 5.75 Å². The molecule has 15 heavy (non-hydrogen) atoms. The van der Waals surface area contributed by atoms with Gasteiger partial charge in [-0.1, -0.05) is 17.7 Å². The van der Waals surface area contributed by atoms with Crippen molar-refractivity contribution in [3.05, 3.63) is 23.2 Å². The molecule has 4 heteroatoms. The summed E-state index contributed by atoms with van der Waals surface area (Å²) in [6, 6.07) is 5.30. The summed E-state index contributed by atoms with van der Waals surface area (Å²) < 4.78 is 10.8. The average Bonchev–Trinajstić information content (AvgIpc) is 2.21. The first-order valence-corrected chi connectivity index (χ1v) is 5.31. The zero-order valence-electron chi connectivity index (χ0n) is 9.00. The molecule has 0 aromatic heterocycles. The van der Waals surface area contributed by atoms with Crippen molar-refractivity contribution in [3.63, 3.8) is 0 Å². The fourth-order valence-electron chi connectivity index (χ4n) is 1.17. The molecule has 1 unspecified atom stereocenters. The standard InChI is InChI=1S/C11H16ClNO2/c1-3-14-7-8(2)15-11-9(12)5-4-6-10(11)13/h4-6,8H,3,7,13H2,1-2H3. The van der Waals surface area contributed by atoms with E-state index < -0.39 is 0 Å². The Morgan fingerprint density at radius 1 is 1.47 bits per heavy atom. The van der Waals surface area contributed by atoms with Gasteiger partial charge in [0.25, 0.3) is 0 Å². The Morgan fingerprint density at radius 3 is 2.80 bits per heavy atom. The molecule has 3 nitrogen and oxygen atoms in total. The lowest BCUT2D eigenvalue weighted by Crippen LogP contribution is -2.19. The van der Waals surface area contributed by atoms with E-state index in [0.717, 1.165) is 0 Å². The fourth-order valence-corrected chi connectivity index (χ4v) is 1.40. The molecule has 1 atom stereocenters. The topological polar surface area (TPSA) is 44.5 Å². The Bertz CT molecular complexity index is 297. The van der Waals surface area contributed by atoms with Crippen LogP contribution in [0.25, 0.3) is 0 Å². The van der Waals surface area contributed by atoms with Crippen LogP contribution in [0.2, 0.25) is 5.02 Å².